The highest BCUT2D eigenvalue weighted by Gasteiger charge is 2.09. The van der Waals surface area contributed by atoms with Crippen molar-refractivity contribution < 1.29 is 4.74 Å². The fraction of sp³-hybridized carbons (Fsp3) is 0.250. The van der Waals surface area contributed by atoms with Gasteiger partial charge in [-0.15, -0.1) is 11.8 Å². The maximum atomic E-state index is 9.21. The van der Waals surface area contributed by atoms with Crippen LogP contribution in [-0.2, 0) is 0 Å². The van der Waals surface area contributed by atoms with Gasteiger partial charge in [0.05, 0.1) is 17.2 Å². The molecule has 2 aromatic rings. The molecule has 0 N–H and O–H groups in total. The average Bonchev–Trinajstić information content (AvgIpc) is 2.45. The summed E-state index contributed by atoms with van der Waals surface area (Å²) < 4.78 is 5.63. The Morgan fingerprint density at radius 3 is 2.81 bits per heavy atom. The van der Waals surface area contributed by atoms with Crippen LogP contribution in [-0.4, -0.2) is 17.3 Å². The molecule has 0 spiro atoms. The van der Waals surface area contributed by atoms with Crippen LogP contribution in [0.1, 0.15) is 16.8 Å². The van der Waals surface area contributed by atoms with Gasteiger partial charge in [0.2, 0.25) is 0 Å². The molecular weight excluding hydrogens is 304 g/mol. The van der Waals surface area contributed by atoms with Crippen molar-refractivity contribution in [2.24, 2.45) is 0 Å². The van der Waals surface area contributed by atoms with Gasteiger partial charge in [-0.3, -0.25) is 0 Å². The van der Waals surface area contributed by atoms with E-state index in [1.54, 1.807) is 6.07 Å². The lowest BCUT2D eigenvalue weighted by Gasteiger charge is -2.09. The second kappa shape index (κ2) is 7.35. The van der Waals surface area contributed by atoms with E-state index in [0.29, 0.717) is 28.7 Å². The van der Waals surface area contributed by atoms with Crippen LogP contribution < -0.4 is 4.74 Å². The van der Waals surface area contributed by atoms with Crippen molar-refractivity contribution >= 4 is 23.4 Å². The van der Waals surface area contributed by atoms with Crippen LogP contribution >= 0.6 is 23.4 Å². The summed E-state index contributed by atoms with van der Waals surface area (Å²) >= 11 is 7.55. The first-order valence-electron chi connectivity index (χ1n) is 6.50. The standard InChI is InChI=1S/C16H15ClN2OS/c1-11-9-12(2)19-16(13(11)10-18)21-8-7-20-15-6-4-3-5-14(15)17/h3-6,9H,7-8H2,1-2H3. The van der Waals surface area contributed by atoms with Crippen molar-refractivity contribution in [1.82, 2.24) is 4.98 Å². The maximum Gasteiger partial charge on any atom is 0.137 e. The molecule has 0 radical (unpaired) electrons. The highest BCUT2D eigenvalue weighted by atomic mass is 35.5. The zero-order chi connectivity index (χ0) is 15.2. The highest BCUT2D eigenvalue weighted by Crippen LogP contribution is 2.25. The van der Waals surface area contributed by atoms with Gasteiger partial charge in [-0.1, -0.05) is 23.7 Å². The predicted octanol–water partition coefficient (Wildman–Crippen LogP) is 4.39. The molecule has 0 bridgehead atoms. The Morgan fingerprint density at radius 2 is 2.10 bits per heavy atom. The fourth-order valence-electron chi connectivity index (χ4n) is 1.89. The van der Waals surface area contributed by atoms with Crippen LogP contribution in [0.3, 0.4) is 0 Å². The second-order valence-electron chi connectivity index (χ2n) is 4.50. The number of thioether (sulfide) groups is 1. The number of ether oxygens (including phenoxy) is 1. The summed E-state index contributed by atoms with van der Waals surface area (Å²) in [5.74, 6) is 1.38. The van der Waals surface area contributed by atoms with Gasteiger partial charge in [0, 0.05) is 11.4 Å². The lowest BCUT2D eigenvalue weighted by atomic mass is 10.1. The molecule has 0 aliphatic heterocycles. The Labute approximate surface area is 133 Å². The number of pyridine rings is 1. The summed E-state index contributed by atoms with van der Waals surface area (Å²) in [7, 11) is 0. The normalized spacial score (nSPS) is 10.2. The van der Waals surface area contributed by atoms with Crippen LogP contribution in [0.4, 0.5) is 0 Å². The zero-order valence-electron chi connectivity index (χ0n) is 11.9. The van der Waals surface area contributed by atoms with E-state index >= 15 is 0 Å². The van der Waals surface area contributed by atoms with Gasteiger partial charge < -0.3 is 4.74 Å². The van der Waals surface area contributed by atoms with Crippen LogP contribution in [0.2, 0.25) is 5.02 Å². The van der Waals surface area contributed by atoms with Crippen LogP contribution in [0, 0.1) is 25.2 Å². The molecular formula is C16H15ClN2OS. The smallest absolute Gasteiger partial charge is 0.137 e. The number of nitrogens with zero attached hydrogens (tertiary/aromatic N) is 2. The monoisotopic (exact) mass is 318 g/mol. The van der Waals surface area contributed by atoms with Gasteiger partial charge in [0.25, 0.3) is 0 Å². The number of halogens is 1. The Morgan fingerprint density at radius 1 is 1.33 bits per heavy atom. The predicted molar refractivity (Wildman–Crippen MR) is 86.1 cm³/mol. The Bertz CT molecular complexity index is 682. The number of hydrogen-bond donors (Lipinski definition) is 0. The molecule has 0 saturated carbocycles. The van der Waals surface area contributed by atoms with E-state index in [2.05, 4.69) is 11.1 Å². The lowest BCUT2D eigenvalue weighted by Crippen LogP contribution is -2.02. The van der Waals surface area contributed by atoms with Crippen molar-refractivity contribution in [3.63, 3.8) is 0 Å². The molecule has 0 amide bonds. The first-order chi connectivity index (χ1) is 10.1. The molecule has 1 aromatic heterocycles. The van der Waals surface area contributed by atoms with E-state index in [9.17, 15) is 5.26 Å². The Balaban J connectivity index is 1.96. The molecule has 5 heteroatoms. The van der Waals surface area contributed by atoms with Crippen LogP contribution in [0.5, 0.6) is 5.75 Å². The molecule has 1 aromatic carbocycles. The third-order valence-electron chi connectivity index (χ3n) is 2.84. The summed E-state index contributed by atoms with van der Waals surface area (Å²) in [6.45, 7) is 4.37. The van der Waals surface area contributed by atoms with E-state index in [1.807, 2.05) is 38.1 Å². The van der Waals surface area contributed by atoms with Crippen molar-refractivity contribution in [3.05, 3.63) is 52.2 Å². The van der Waals surface area contributed by atoms with Gasteiger partial charge in [0.15, 0.2) is 0 Å². The molecule has 3 nitrogen and oxygen atoms in total. The topological polar surface area (TPSA) is 45.9 Å². The molecule has 0 aliphatic rings. The molecule has 21 heavy (non-hydrogen) atoms. The SMILES string of the molecule is Cc1cc(C)c(C#N)c(SCCOc2ccccc2Cl)n1. The fourth-order valence-corrected chi connectivity index (χ4v) is 3.00. The quantitative estimate of drug-likeness (QED) is 0.605. The van der Waals surface area contributed by atoms with Gasteiger partial charge in [0.1, 0.15) is 16.8 Å². The van der Waals surface area contributed by atoms with Gasteiger partial charge >= 0.3 is 0 Å². The van der Waals surface area contributed by atoms with E-state index < -0.39 is 0 Å². The van der Waals surface area contributed by atoms with Gasteiger partial charge in [-0.2, -0.15) is 5.26 Å². The molecule has 0 unspecified atom stereocenters. The Hall–Kier alpha value is -1.70. The largest absolute Gasteiger partial charge is 0.491 e. The highest BCUT2D eigenvalue weighted by molar-refractivity contribution is 7.99. The second-order valence-corrected chi connectivity index (χ2v) is 5.99. The van der Waals surface area contributed by atoms with Crippen molar-refractivity contribution in [2.75, 3.05) is 12.4 Å². The van der Waals surface area contributed by atoms with Crippen LogP contribution in [0.25, 0.3) is 0 Å². The molecule has 108 valence electrons. The number of aromatic nitrogens is 1. The lowest BCUT2D eigenvalue weighted by molar-refractivity contribution is 0.344. The molecule has 0 aliphatic carbocycles. The Kier molecular flexibility index (Phi) is 5.49. The maximum absolute atomic E-state index is 9.21. The summed E-state index contributed by atoms with van der Waals surface area (Å²) in [5.41, 5.74) is 2.52. The van der Waals surface area contributed by atoms with Crippen molar-refractivity contribution in [1.29, 1.82) is 5.26 Å². The average molecular weight is 319 g/mol. The van der Waals surface area contributed by atoms with Crippen LogP contribution in [0.15, 0.2) is 35.4 Å². The van der Waals surface area contributed by atoms with E-state index in [1.165, 1.54) is 11.8 Å². The molecule has 2 rings (SSSR count). The van der Waals surface area contributed by atoms with E-state index in [0.717, 1.165) is 16.3 Å². The van der Waals surface area contributed by atoms with E-state index in [4.69, 9.17) is 16.3 Å². The summed E-state index contributed by atoms with van der Waals surface area (Å²) in [6, 6.07) is 11.5. The summed E-state index contributed by atoms with van der Waals surface area (Å²) in [5, 5.41) is 10.6. The third-order valence-corrected chi connectivity index (χ3v) is 4.09. The summed E-state index contributed by atoms with van der Waals surface area (Å²) in [4.78, 5) is 4.43. The number of aryl methyl sites for hydroxylation is 2. The minimum Gasteiger partial charge on any atom is -0.491 e. The van der Waals surface area contributed by atoms with Crippen molar-refractivity contribution in [2.45, 2.75) is 18.9 Å². The van der Waals surface area contributed by atoms with Gasteiger partial charge in [-0.05, 0) is 37.6 Å². The molecule has 1 heterocycles. The van der Waals surface area contributed by atoms with Gasteiger partial charge in [-0.25, -0.2) is 4.98 Å². The number of hydrogen-bond acceptors (Lipinski definition) is 4. The first-order valence-corrected chi connectivity index (χ1v) is 7.86. The number of rotatable bonds is 5. The molecule has 0 saturated heterocycles. The number of para-hydroxylation sites is 1. The zero-order valence-corrected chi connectivity index (χ0v) is 13.5. The first kappa shape index (κ1) is 15.7. The third kappa shape index (κ3) is 4.13. The van der Waals surface area contributed by atoms with Crippen molar-refractivity contribution in [3.8, 4) is 11.8 Å². The number of benzene rings is 1. The summed E-state index contributed by atoms with van der Waals surface area (Å²) in [6.07, 6.45) is 0. The minimum absolute atomic E-state index is 0.508. The number of nitriles is 1. The molecule has 0 atom stereocenters. The molecule has 0 fully saturated rings. The van der Waals surface area contributed by atoms with E-state index in [-0.39, 0.29) is 0 Å². The minimum atomic E-state index is 0.508.